The van der Waals surface area contributed by atoms with Crippen molar-refractivity contribution < 1.29 is 5.11 Å². The molecule has 0 saturated carbocycles. The lowest BCUT2D eigenvalue weighted by molar-refractivity contribution is 0.115. The highest BCUT2D eigenvalue weighted by Gasteiger charge is 2.33. The topological polar surface area (TPSA) is 20.2 Å². The summed E-state index contributed by atoms with van der Waals surface area (Å²) in [5.41, 5.74) is 0.780. The lowest BCUT2D eigenvalue weighted by atomic mass is 9.65. The summed E-state index contributed by atoms with van der Waals surface area (Å²) in [6.07, 6.45) is 6.33. The molecule has 1 aliphatic carbocycles. The van der Waals surface area contributed by atoms with Gasteiger partial charge in [0.1, 0.15) is 0 Å². The number of allylic oxidation sites excluding steroid dienone is 2. The molecule has 1 rings (SSSR count). The number of aliphatic hydroxyl groups excluding tert-OH is 1. The van der Waals surface area contributed by atoms with Crippen molar-refractivity contribution in [1.29, 1.82) is 0 Å². The van der Waals surface area contributed by atoms with Crippen molar-refractivity contribution in [2.45, 2.75) is 60.3 Å². The standard InChI is InChI=1S/C14H26O/c1-13(2,3)10-14(4,5)11-6-8-12(15)9-7-11/h8,11,15H,6-7,9-10H2,1-5H3. The third kappa shape index (κ3) is 3.89. The third-order valence-electron chi connectivity index (χ3n) is 3.48. The average molecular weight is 210 g/mol. The normalized spacial score (nSPS) is 23.8. The molecule has 1 aliphatic rings. The molecule has 1 heteroatoms. The van der Waals surface area contributed by atoms with Crippen LogP contribution in [0.25, 0.3) is 0 Å². The minimum atomic E-state index is 0.384. The van der Waals surface area contributed by atoms with Gasteiger partial charge >= 0.3 is 0 Å². The van der Waals surface area contributed by atoms with Crippen molar-refractivity contribution in [3.63, 3.8) is 0 Å². The van der Waals surface area contributed by atoms with Gasteiger partial charge in [0.2, 0.25) is 0 Å². The van der Waals surface area contributed by atoms with Crippen LogP contribution in [0.15, 0.2) is 11.8 Å². The van der Waals surface area contributed by atoms with Crippen LogP contribution in [0, 0.1) is 16.7 Å². The van der Waals surface area contributed by atoms with Gasteiger partial charge in [0.15, 0.2) is 0 Å². The first-order chi connectivity index (χ1) is 6.71. The summed E-state index contributed by atoms with van der Waals surface area (Å²) in [6.45, 7) is 11.7. The van der Waals surface area contributed by atoms with E-state index >= 15 is 0 Å². The first-order valence-electron chi connectivity index (χ1n) is 6.09. The molecular weight excluding hydrogens is 184 g/mol. The zero-order valence-corrected chi connectivity index (χ0v) is 10.9. The van der Waals surface area contributed by atoms with Crippen LogP contribution in [-0.2, 0) is 0 Å². The van der Waals surface area contributed by atoms with Crippen LogP contribution >= 0.6 is 0 Å². The Morgan fingerprint density at radius 1 is 1.27 bits per heavy atom. The highest BCUT2D eigenvalue weighted by molar-refractivity contribution is 5.00. The van der Waals surface area contributed by atoms with Crippen LogP contribution in [0.4, 0.5) is 0 Å². The van der Waals surface area contributed by atoms with Crippen LogP contribution in [0.2, 0.25) is 0 Å². The molecule has 0 spiro atoms. The molecular formula is C14H26O. The second-order valence-corrected chi connectivity index (χ2v) is 6.89. The molecule has 0 heterocycles. The first-order valence-corrected chi connectivity index (χ1v) is 6.09. The van der Waals surface area contributed by atoms with E-state index in [9.17, 15) is 5.11 Å². The fourth-order valence-electron chi connectivity index (χ4n) is 3.04. The second kappa shape index (κ2) is 4.19. The number of hydrogen-bond donors (Lipinski definition) is 1. The highest BCUT2D eigenvalue weighted by Crippen LogP contribution is 2.44. The largest absolute Gasteiger partial charge is 0.513 e. The average Bonchev–Trinajstić information content (AvgIpc) is 2.00. The molecule has 88 valence electrons. The maximum atomic E-state index is 9.39. The fourth-order valence-corrected chi connectivity index (χ4v) is 3.04. The lowest BCUT2D eigenvalue weighted by Gasteiger charge is -2.40. The van der Waals surface area contributed by atoms with Gasteiger partial charge in [0.05, 0.1) is 5.76 Å². The first kappa shape index (κ1) is 12.6. The minimum absolute atomic E-state index is 0.384. The van der Waals surface area contributed by atoms with Crippen molar-refractivity contribution in [2.75, 3.05) is 0 Å². The van der Waals surface area contributed by atoms with Crippen LogP contribution in [0.1, 0.15) is 60.3 Å². The number of aliphatic hydroxyl groups is 1. The maximum Gasteiger partial charge on any atom is 0.0883 e. The number of rotatable bonds is 2. The summed E-state index contributed by atoms with van der Waals surface area (Å²) in [4.78, 5) is 0. The summed E-state index contributed by atoms with van der Waals surface area (Å²) in [5.74, 6) is 1.32. The molecule has 0 saturated heterocycles. The van der Waals surface area contributed by atoms with Crippen molar-refractivity contribution >= 4 is 0 Å². The van der Waals surface area contributed by atoms with Crippen LogP contribution in [0.3, 0.4) is 0 Å². The zero-order chi connectivity index (χ0) is 11.7. The molecule has 1 N–H and O–H groups in total. The Labute approximate surface area is 94.6 Å². The van der Waals surface area contributed by atoms with Crippen LogP contribution in [-0.4, -0.2) is 5.11 Å². The molecule has 1 unspecified atom stereocenters. The van der Waals surface area contributed by atoms with Gasteiger partial charge in [0.25, 0.3) is 0 Å². The van der Waals surface area contributed by atoms with E-state index in [-0.39, 0.29) is 0 Å². The van der Waals surface area contributed by atoms with E-state index in [2.05, 4.69) is 34.6 Å². The zero-order valence-electron chi connectivity index (χ0n) is 10.9. The molecule has 0 bridgehead atoms. The number of hydrogen-bond acceptors (Lipinski definition) is 1. The Hall–Kier alpha value is -0.460. The Kier molecular flexibility index (Phi) is 3.52. The van der Waals surface area contributed by atoms with Gasteiger partial charge in [-0.05, 0) is 42.1 Å². The summed E-state index contributed by atoms with van der Waals surface area (Å²) in [7, 11) is 0. The quantitative estimate of drug-likeness (QED) is 0.701. The Bertz CT molecular complexity index is 243. The smallest absolute Gasteiger partial charge is 0.0883 e. The Morgan fingerprint density at radius 2 is 1.87 bits per heavy atom. The van der Waals surface area contributed by atoms with E-state index in [0.717, 1.165) is 25.2 Å². The van der Waals surface area contributed by atoms with Gasteiger partial charge in [-0.2, -0.15) is 0 Å². The molecule has 0 fully saturated rings. The molecule has 0 amide bonds. The highest BCUT2D eigenvalue weighted by atomic mass is 16.3. The van der Waals surface area contributed by atoms with E-state index < -0.39 is 0 Å². The third-order valence-corrected chi connectivity index (χ3v) is 3.48. The molecule has 15 heavy (non-hydrogen) atoms. The van der Waals surface area contributed by atoms with Crippen molar-refractivity contribution in [3.05, 3.63) is 11.8 Å². The SMILES string of the molecule is CC(C)(C)CC(C)(C)C1CC=C(O)CC1. The van der Waals surface area contributed by atoms with Crippen LogP contribution in [0.5, 0.6) is 0 Å². The fraction of sp³-hybridized carbons (Fsp3) is 0.857. The summed E-state index contributed by atoms with van der Waals surface area (Å²) in [6, 6.07) is 0. The molecule has 1 nitrogen and oxygen atoms in total. The van der Waals surface area contributed by atoms with Gasteiger partial charge in [-0.3, -0.25) is 0 Å². The van der Waals surface area contributed by atoms with Crippen molar-refractivity contribution in [2.24, 2.45) is 16.7 Å². The lowest BCUT2D eigenvalue weighted by Crippen LogP contribution is -2.30. The molecule has 0 aromatic carbocycles. The Morgan fingerprint density at radius 3 is 2.27 bits per heavy atom. The molecule has 0 radical (unpaired) electrons. The predicted molar refractivity (Wildman–Crippen MR) is 65.9 cm³/mol. The van der Waals surface area contributed by atoms with Crippen LogP contribution < -0.4 is 0 Å². The monoisotopic (exact) mass is 210 g/mol. The van der Waals surface area contributed by atoms with E-state index in [1.807, 2.05) is 6.08 Å². The van der Waals surface area contributed by atoms with E-state index in [1.165, 1.54) is 6.42 Å². The van der Waals surface area contributed by atoms with Gasteiger partial charge in [0, 0.05) is 6.42 Å². The van der Waals surface area contributed by atoms with Gasteiger partial charge in [-0.15, -0.1) is 0 Å². The molecule has 1 atom stereocenters. The summed E-state index contributed by atoms with van der Waals surface area (Å²) >= 11 is 0. The van der Waals surface area contributed by atoms with Gasteiger partial charge in [-0.25, -0.2) is 0 Å². The van der Waals surface area contributed by atoms with E-state index in [1.54, 1.807) is 0 Å². The predicted octanol–water partition coefficient (Wildman–Crippen LogP) is 4.69. The second-order valence-electron chi connectivity index (χ2n) is 6.89. The van der Waals surface area contributed by atoms with E-state index in [4.69, 9.17) is 0 Å². The van der Waals surface area contributed by atoms with E-state index in [0.29, 0.717) is 16.6 Å². The molecule has 0 aliphatic heterocycles. The van der Waals surface area contributed by atoms with Crippen molar-refractivity contribution in [1.82, 2.24) is 0 Å². The Balaban J connectivity index is 2.62. The van der Waals surface area contributed by atoms with Gasteiger partial charge < -0.3 is 5.11 Å². The minimum Gasteiger partial charge on any atom is -0.513 e. The maximum absolute atomic E-state index is 9.39. The van der Waals surface area contributed by atoms with Crippen molar-refractivity contribution in [3.8, 4) is 0 Å². The summed E-state index contributed by atoms with van der Waals surface area (Å²) in [5, 5.41) is 9.39. The van der Waals surface area contributed by atoms with Gasteiger partial charge in [-0.1, -0.05) is 34.6 Å². The molecule has 0 aromatic heterocycles. The molecule has 0 aromatic rings. The summed E-state index contributed by atoms with van der Waals surface area (Å²) < 4.78 is 0.